The average molecular weight is 403 g/mol. The fourth-order valence-corrected chi connectivity index (χ4v) is 2.45. The van der Waals surface area contributed by atoms with E-state index in [4.69, 9.17) is 9.47 Å². The predicted molar refractivity (Wildman–Crippen MR) is 87.2 cm³/mol. The number of pyridine rings is 1. The molecule has 6 heteroatoms. The van der Waals surface area contributed by atoms with Gasteiger partial charge in [-0.25, -0.2) is 4.39 Å². The van der Waals surface area contributed by atoms with Crippen LogP contribution in [0.2, 0.25) is 0 Å². The highest BCUT2D eigenvalue weighted by Gasteiger charge is 2.11. The van der Waals surface area contributed by atoms with Crippen molar-refractivity contribution in [2.24, 2.45) is 7.05 Å². The second-order valence-electron chi connectivity index (χ2n) is 4.41. The predicted octanol–water partition coefficient (Wildman–Crippen LogP) is 2.82. The van der Waals surface area contributed by atoms with Gasteiger partial charge in [-0.05, 0) is 46.9 Å². The number of halogens is 2. The van der Waals surface area contributed by atoms with Gasteiger partial charge in [0, 0.05) is 25.8 Å². The van der Waals surface area contributed by atoms with E-state index < -0.39 is 5.82 Å². The van der Waals surface area contributed by atoms with E-state index >= 15 is 0 Å². The smallest absolute Gasteiger partial charge is 0.264 e. The first kappa shape index (κ1) is 16.0. The highest BCUT2D eigenvalue weighted by molar-refractivity contribution is 14.1. The molecule has 2 aromatic rings. The van der Waals surface area contributed by atoms with E-state index in [1.165, 1.54) is 10.6 Å². The van der Waals surface area contributed by atoms with E-state index in [0.717, 1.165) is 0 Å². The molecule has 0 bridgehead atoms. The minimum Gasteiger partial charge on any atom is -0.491 e. The van der Waals surface area contributed by atoms with Crippen LogP contribution in [0.1, 0.15) is 0 Å². The summed E-state index contributed by atoms with van der Waals surface area (Å²) in [6, 6.07) is 8.01. The summed E-state index contributed by atoms with van der Waals surface area (Å²) in [5.74, 6) is 0.00457. The molecular formula is C15H15FINO3. The van der Waals surface area contributed by atoms with Gasteiger partial charge in [0.25, 0.3) is 5.56 Å². The van der Waals surface area contributed by atoms with Crippen molar-refractivity contribution in [2.75, 3.05) is 20.3 Å². The first-order valence-corrected chi connectivity index (χ1v) is 7.39. The third-order valence-corrected chi connectivity index (χ3v) is 3.85. The molecule has 0 spiro atoms. The lowest BCUT2D eigenvalue weighted by atomic mass is 10.1. The van der Waals surface area contributed by atoms with Crippen molar-refractivity contribution in [1.82, 2.24) is 4.57 Å². The molecule has 21 heavy (non-hydrogen) atoms. The lowest BCUT2D eigenvalue weighted by molar-refractivity contribution is 0.146. The molecular weight excluding hydrogens is 388 g/mol. The van der Waals surface area contributed by atoms with Crippen LogP contribution in [0.25, 0.3) is 11.3 Å². The van der Waals surface area contributed by atoms with Gasteiger partial charge in [0.15, 0.2) is 0 Å². The SMILES string of the molecule is COCCOc1ccc(-c2ccc(I)c(=O)n2C)c(F)c1. The van der Waals surface area contributed by atoms with Crippen molar-refractivity contribution in [1.29, 1.82) is 0 Å². The normalized spacial score (nSPS) is 10.7. The third-order valence-electron chi connectivity index (χ3n) is 3.03. The summed E-state index contributed by atoms with van der Waals surface area (Å²) >= 11 is 1.96. The molecule has 0 unspecified atom stereocenters. The van der Waals surface area contributed by atoms with Crippen LogP contribution in [0.5, 0.6) is 5.75 Å². The first-order valence-electron chi connectivity index (χ1n) is 6.31. The monoisotopic (exact) mass is 403 g/mol. The van der Waals surface area contributed by atoms with Gasteiger partial charge in [-0.15, -0.1) is 0 Å². The van der Waals surface area contributed by atoms with Crippen molar-refractivity contribution in [3.05, 3.63) is 50.1 Å². The van der Waals surface area contributed by atoms with E-state index in [0.29, 0.717) is 33.8 Å². The molecule has 0 fully saturated rings. The molecule has 4 nitrogen and oxygen atoms in total. The number of benzene rings is 1. The van der Waals surface area contributed by atoms with E-state index in [1.807, 2.05) is 22.6 Å². The molecule has 0 radical (unpaired) electrons. The van der Waals surface area contributed by atoms with Gasteiger partial charge in [0.05, 0.1) is 15.9 Å². The summed E-state index contributed by atoms with van der Waals surface area (Å²) in [6.45, 7) is 0.798. The van der Waals surface area contributed by atoms with Gasteiger partial charge in [-0.3, -0.25) is 4.79 Å². The lowest BCUT2D eigenvalue weighted by Gasteiger charge is -2.11. The van der Waals surface area contributed by atoms with E-state index in [1.54, 1.807) is 38.4 Å². The van der Waals surface area contributed by atoms with E-state index in [9.17, 15) is 9.18 Å². The number of nitrogens with zero attached hydrogens (tertiary/aromatic N) is 1. The zero-order chi connectivity index (χ0) is 15.4. The largest absolute Gasteiger partial charge is 0.491 e. The molecule has 2 rings (SSSR count). The number of methoxy groups -OCH3 is 1. The highest BCUT2D eigenvalue weighted by atomic mass is 127. The Morgan fingerprint density at radius 2 is 2.00 bits per heavy atom. The van der Waals surface area contributed by atoms with Crippen LogP contribution in [0, 0.1) is 9.39 Å². The molecule has 1 aromatic heterocycles. The Morgan fingerprint density at radius 3 is 2.67 bits per heavy atom. The molecule has 0 saturated heterocycles. The maximum absolute atomic E-state index is 14.2. The molecule has 0 aliphatic heterocycles. The average Bonchev–Trinajstić information content (AvgIpc) is 2.46. The number of hydrogen-bond donors (Lipinski definition) is 0. The van der Waals surface area contributed by atoms with Crippen LogP contribution in [0.3, 0.4) is 0 Å². The van der Waals surface area contributed by atoms with Gasteiger partial charge >= 0.3 is 0 Å². The second-order valence-corrected chi connectivity index (χ2v) is 5.58. The molecule has 0 aliphatic rings. The van der Waals surface area contributed by atoms with Crippen molar-refractivity contribution < 1.29 is 13.9 Å². The van der Waals surface area contributed by atoms with Crippen LogP contribution in [-0.4, -0.2) is 24.9 Å². The van der Waals surface area contributed by atoms with Crippen LogP contribution < -0.4 is 10.3 Å². The van der Waals surface area contributed by atoms with E-state index in [2.05, 4.69) is 0 Å². The summed E-state index contributed by atoms with van der Waals surface area (Å²) in [4.78, 5) is 11.9. The van der Waals surface area contributed by atoms with E-state index in [-0.39, 0.29) is 5.56 Å². The number of aromatic nitrogens is 1. The molecule has 0 atom stereocenters. The number of hydrogen-bond acceptors (Lipinski definition) is 3. The van der Waals surface area contributed by atoms with Gasteiger partial charge in [-0.1, -0.05) is 0 Å². The van der Waals surface area contributed by atoms with Gasteiger partial charge in [0.2, 0.25) is 0 Å². The highest BCUT2D eigenvalue weighted by Crippen LogP contribution is 2.25. The molecule has 1 heterocycles. The zero-order valence-electron chi connectivity index (χ0n) is 11.7. The fourth-order valence-electron chi connectivity index (χ4n) is 1.91. The Morgan fingerprint density at radius 1 is 1.24 bits per heavy atom. The lowest BCUT2D eigenvalue weighted by Crippen LogP contribution is -2.20. The molecule has 0 aliphatic carbocycles. The molecule has 112 valence electrons. The molecule has 1 aromatic carbocycles. The standard InChI is InChI=1S/C15H15FINO3/c1-18-14(6-5-13(17)15(18)19)11-4-3-10(9-12(11)16)21-8-7-20-2/h3-6,9H,7-8H2,1-2H3. The number of rotatable bonds is 5. The molecule has 0 saturated carbocycles. The minimum atomic E-state index is -0.430. The quantitative estimate of drug-likeness (QED) is 0.570. The van der Waals surface area contributed by atoms with Crippen LogP contribution in [0.4, 0.5) is 4.39 Å². The van der Waals surface area contributed by atoms with Crippen LogP contribution >= 0.6 is 22.6 Å². The number of ether oxygens (including phenoxy) is 2. The summed E-state index contributed by atoms with van der Waals surface area (Å²) in [6.07, 6.45) is 0. The van der Waals surface area contributed by atoms with Crippen molar-refractivity contribution in [2.45, 2.75) is 0 Å². The van der Waals surface area contributed by atoms with Gasteiger partial charge in [-0.2, -0.15) is 0 Å². The maximum Gasteiger partial charge on any atom is 0.264 e. The Balaban J connectivity index is 2.33. The van der Waals surface area contributed by atoms with Crippen molar-refractivity contribution >= 4 is 22.6 Å². The summed E-state index contributed by atoms with van der Waals surface area (Å²) in [5, 5.41) is 0. The summed E-state index contributed by atoms with van der Waals surface area (Å²) in [5.41, 5.74) is 0.749. The zero-order valence-corrected chi connectivity index (χ0v) is 13.9. The third kappa shape index (κ3) is 3.62. The molecule has 0 amide bonds. The van der Waals surface area contributed by atoms with Crippen LogP contribution in [0.15, 0.2) is 35.1 Å². The van der Waals surface area contributed by atoms with Crippen molar-refractivity contribution in [3.63, 3.8) is 0 Å². The Bertz CT molecular complexity index is 700. The minimum absolute atomic E-state index is 0.145. The topological polar surface area (TPSA) is 40.5 Å². The van der Waals surface area contributed by atoms with Gasteiger partial charge in [0.1, 0.15) is 18.2 Å². The molecule has 0 N–H and O–H groups in total. The Hall–Kier alpha value is -1.41. The Kier molecular flexibility index (Phi) is 5.35. The van der Waals surface area contributed by atoms with Crippen LogP contribution in [-0.2, 0) is 11.8 Å². The van der Waals surface area contributed by atoms with Crippen molar-refractivity contribution in [3.8, 4) is 17.0 Å². The van der Waals surface area contributed by atoms with Gasteiger partial charge < -0.3 is 14.0 Å². The summed E-state index contributed by atoms with van der Waals surface area (Å²) in [7, 11) is 3.20. The Labute approximate surface area is 135 Å². The fraction of sp³-hybridized carbons (Fsp3) is 0.267. The first-order chi connectivity index (χ1) is 10.0. The maximum atomic E-state index is 14.2. The second kappa shape index (κ2) is 7.04. The summed E-state index contributed by atoms with van der Waals surface area (Å²) < 4.78 is 26.5.